The van der Waals surface area contributed by atoms with Gasteiger partial charge in [-0.15, -0.1) is 0 Å². The minimum absolute atomic E-state index is 0.0823. The number of anilines is 3. The molecule has 1 atom stereocenters. The smallest absolute Gasteiger partial charge is 0.180 e. The van der Waals surface area contributed by atoms with E-state index in [4.69, 9.17) is 0 Å². The molecule has 0 aromatic heterocycles. The second-order valence-electron chi connectivity index (χ2n) is 22.2. The summed E-state index contributed by atoms with van der Waals surface area (Å²) in [6, 6.07) is 108. The zero-order valence-electron chi connectivity index (χ0n) is 43.6. The summed E-state index contributed by atoms with van der Waals surface area (Å²) in [5.74, 6) is 0. The van der Waals surface area contributed by atoms with Crippen molar-refractivity contribution in [3.63, 3.8) is 0 Å². The third-order valence-corrected chi connectivity index (χ3v) is 23.0. The van der Waals surface area contributed by atoms with Crippen molar-refractivity contribution >= 4 is 45.9 Å². The summed E-state index contributed by atoms with van der Waals surface area (Å²) in [7, 11) is -2.95. The highest BCUT2D eigenvalue weighted by Gasteiger charge is 2.52. The maximum absolute atomic E-state index is 2.95. The van der Waals surface area contributed by atoms with Crippen LogP contribution in [0.4, 0.5) is 17.1 Å². The number of fused-ring (bicyclic) bond motifs is 16. The summed E-state index contributed by atoms with van der Waals surface area (Å²) in [6.45, 7) is 4.74. The molecule has 1 spiro atoms. The molecule has 0 saturated heterocycles. The molecule has 0 bridgehead atoms. The molecule has 3 aliphatic carbocycles. The van der Waals surface area contributed by atoms with Gasteiger partial charge < -0.3 is 4.90 Å². The lowest BCUT2D eigenvalue weighted by molar-refractivity contribution is 0.660. The van der Waals surface area contributed by atoms with E-state index in [2.05, 4.69) is 304 Å². The fourth-order valence-electron chi connectivity index (χ4n) is 14.9. The molecule has 1 nitrogen and oxygen atoms in total. The lowest BCUT2D eigenvalue weighted by Gasteiger charge is -2.33. The molecule has 4 aliphatic rings. The van der Waals surface area contributed by atoms with E-state index >= 15 is 0 Å². The number of rotatable bonds is 7. The van der Waals surface area contributed by atoms with Crippen LogP contribution in [0.5, 0.6) is 0 Å². The van der Waals surface area contributed by atoms with Crippen LogP contribution in [0.15, 0.2) is 285 Å². The Morgan fingerprint density at radius 1 is 0.269 bits per heavy atom. The van der Waals surface area contributed by atoms with Gasteiger partial charge in [0.05, 0.1) is 5.41 Å². The monoisotopic (exact) mass is 1010 g/mol. The van der Waals surface area contributed by atoms with E-state index in [9.17, 15) is 0 Å². The Morgan fingerprint density at radius 2 is 0.744 bits per heavy atom. The molecule has 12 aromatic carbocycles. The van der Waals surface area contributed by atoms with Crippen molar-refractivity contribution in [3.05, 3.63) is 318 Å². The molecule has 16 rings (SSSR count). The minimum Gasteiger partial charge on any atom is -0.310 e. The van der Waals surface area contributed by atoms with Crippen LogP contribution in [-0.2, 0) is 10.8 Å². The normalized spacial score (nSPS) is 15.8. The molecule has 1 aliphatic heterocycles. The topological polar surface area (TPSA) is 3.24 Å². The standard InChI is InChI=1S/C76H53NSi/c1-75(2)66-33-14-9-27-59(66)63-45-41-52(47-71(63)75)50-39-42-53(43-40-50)77(55-44-46-70-65(49-55)62-30-12-17-36-69(62)76(70)67-34-15-10-28-60(67)61-29-11-16-35-68(61)76)54-23-19-26-57(48-54)78(56-24-7-4-8-25-56)72-37-18-13-31-64(72)74-58(32-20-38-73(74)78)51-21-5-3-6-22-51/h3-49H,1-2H3. The van der Waals surface area contributed by atoms with Gasteiger partial charge in [-0.25, -0.2) is 0 Å². The summed E-state index contributed by atoms with van der Waals surface area (Å²) in [5, 5.41) is 5.60. The first-order valence-electron chi connectivity index (χ1n) is 27.5. The fraction of sp³-hybridized carbons (Fsp3) is 0.0526. The zero-order valence-corrected chi connectivity index (χ0v) is 44.6. The first kappa shape index (κ1) is 44.9. The van der Waals surface area contributed by atoms with Gasteiger partial charge in [-0.2, -0.15) is 0 Å². The Kier molecular flexibility index (Phi) is 9.69. The van der Waals surface area contributed by atoms with Crippen molar-refractivity contribution in [1.29, 1.82) is 0 Å². The van der Waals surface area contributed by atoms with Crippen molar-refractivity contribution in [2.75, 3.05) is 4.90 Å². The maximum atomic E-state index is 2.54. The third-order valence-electron chi connectivity index (χ3n) is 18.2. The first-order valence-corrected chi connectivity index (χ1v) is 29.5. The van der Waals surface area contributed by atoms with E-state index in [-0.39, 0.29) is 5.41 Å². The molecule has 12 aromatic rings. The van der Waals surface area contributed by atoms with Gasteiger partial charge in [-0.1, -0.05) is 257 Å². The second-order valence-corrected chi connectivity index (χ2v) is 26.0. The fourth-order valence-corrected chi connectivity index (χ4v) is 20.1. The van der Waals surface area contributed by atoms with E-state index in [1.54, 1.807) is 0 Å². The van der Waals surface area contributed by atoms with Crippen LogP contribution >= 0.6 is 0 Å². The highest BCUT2D eigenvalue weighted by molar-refractivity contribution is 7.22. The highest BCUT2D eigenvalue weighted by Crippen LogP contribution is 2.63. The van der Waals surface area contributed by atoms with Gasteiger partial charge in [0.15, 0.2) is 8.07 Å². The summed E-state index contributed by atoms with van der Waals surface area (Å²) in [4.78, 5) is 2.52. The van der Waals surface area contributed by atoms with Crippen LogP contribution in [0.2, 0.25) is 0 Å². The molecule has 0 fully saturated rings. The van der Waals surface area contributed by atoms with Gasteiger partial charge in [-0.05, 0) is 163 Å². The van der Waals surface area contributed by atoms with Gasteiger partial charge in [-0.3, -0.25) is 0 Å². The first-order chi connectivity index (χ1) is 38.5. The Hall–Kier alpha value is -9.34. The van der Waals surface area contributed by atoms with Crippen LogP contribution in [0.1, 0.15) is 47.2 Å². The summed E-state index contributed by atoms with van der Waals surface area (Å²) >= 11 is 0. The van der Waals surface area contributed by atoms with E-state index in [1.807, 2.05) is 0 Å². The summed E-state index contributed by atoms with van der Waals surface area (Å²) in [5.41, 5.74) is 26.5. The molecule has 0 radical (unpaired) electrons. The third kappa shape index (κ3) is 6.07. The van der Waals surface area contributed by atoms with Gasteiger partial charge in [0.2, 0.25) is 0 Å². The molecule has 1 unspecified atom stereocenters. The van der Waals surface area contributed by atoms with Gasteiger partial charge in [0.25, 0.3) is 0 Å². The van der Waals surface area contributed by atoms with Crippen molar-refractivity contribution in [2.24, 2.45) is 0 Å². The van der Waals surface area contributed by atoms with Gasteiger partial charge in [0, 0.05) is 22.5 Å². The number of hydrogen-bond acceptors (Lipinski definition) is 1. The van der Waals surface area contributed by atoms with E-state index in [0.29, 0.717) is 0 Å². The molecular weight excluding hydrogens is 955 g/mol. The predicted octanol–water partition coefficient (Wildman–Crippen LogP) is 16.5. The summed E-state index contributed by atoms with van der Waals surface area (Å²) in [6.07, 6.45) is 0. The Labute approximate surface area is 458 Å². The Bertz CT molecular complexity index is 4370. The van der Waals surface area contributed by atoms with Crippen LogP contribution < -0.4 is 25.6 Å². The zero-order chi connectivity index (χ0) is 51.7. The molecule has 2 heteroatoms. The van der Waals surface area contributed by atoms with Crippen molar-refractivity contribution < 1.29 is 0 Å². The highest BCUT2D eigenvalue weighted by atomic mass is 28.3. The van der Waals surface area contributed by atoms with Crippen LogP contribution in [0.3, 0.4) is 0 Å². The average molecular weight is 1010 g/mol. The molecule has 1 heterocycles. The van der Waals surface area contributed by atoms with E-state index in [0.717, 1.165) is 17.1 Å². The summed E-state index contributed by atoms with van der Waals surface area (Å²) < 4.78 is 0. The lowest BCUT2D eigenvalue weighted by atomic mass is 9.70. The predicted molar refractivity (Wildman–Crippen MR) is 328 cm³/mol. The molecule has 78 heavy (non-hydrogen) atoms. The molecule has 366 valence electrons. The van der Waals surface area contributed by atoms with E-state index < -0.39 is 13.5 Å². The van der Waals surface area contributed by atoms with Gasteiger partial charge in [0.1, 0.15) is 0 Å². The van der Waals surface area contributed by atoms with Crippen molar-refractivity contribution in [1.82, 2.24) is 0 Å². The molecular formula is C76H53NSi. The van der Waals surface area contributed by atoms with Crippen LogP contribution in [0, 0.1) is 0 Å². The molecule has 0 amide bonds. The Morgan fingerprint density at radius 3 is 1.44 bits per heavy atom. The number of benzene rings is 12. The van der Waals surface area contributed by atoms with Crippen LogP contribution in [-0.4, -0.2) is 8.07 Å². The molecule has 0 N–H and O–H groups in total. The lowest BCUT2D eigenvalue weighted by Crippen LogP contribution is -2.72. The maximum Gasteiger partial charge on any atom is 0.180 e. The van der Waals surface area contributed by atoms with Crippen molar-refractivity contribution in [3.8, 4) is 66.8 Å². The van der Waals surface area contributed by atoms with Crippen molar-refractivity contribution in [2.45, 2.75) is 24.7 Å². The number of hydrogen-bond donors (Lipinski definition) is 0. The van der Waals surface area contributed by atoms with Crippen LogP contribution in [0.25, 0.3) is 66.8 Å². The SMILES string of the molecule is CC1(C)c2ccccc2-c2ccc(-c3ccc(N(c4cccc([Si]5(c6ccccc6)c6ccccc6-c6c(-c7ccccc7)cccc65)c4)c4ccc5c(c4)-c4ccccc4C54c5ccccc5-c5ccccc54)cc3)cc21. The largest absolute Gasteiger partial charge is 0.310 e. The second kappa shape index (κ2) is 16.8. The van der Waals surface area contributed by atoms with Gasteiger partial charge >= 0.3 is 0 Å². The molecule has 0 saturated carbocycles. The average Bonchev–Trinajstić information content (AvgIpc) is 4.37. The van der Waals surface area contributed by atoms with E-state index in [1.165, 1.54) is 121 Å². The number of nitrogens with zero attached hydrogens (tertiary/aromatic N) is 1. The quantitative estimate of drug-likeness (QED) is 0.144. The Balaban J connectivity index is 0.909. The minimum atomic E-state index is -2.95.